The monoisotopic (exact) mass is 268 g/mol. The largest absolute Gasteiger partial charge is 0.465 e. The van der Waals surface area contributed by atoms with Crippen molar-refractivity contribution in [2.24, 2.45) is 17.8 Å². The molecule has 3 atom stereocenters. The van der Waals surface area contributed by atoms with Crippen molar-refractivity contribution >= 4 is 17.9 Å². The number of esters is 3. The number of ether oxygens (including phenoxy) is 3. The van der Waals surface area contributed by atoms with Gasteiger partial charge < -0.3 is 14.2 Å². The quantitative estimate of drug-likeness (QED) is 0.556. The Bertz CT molecular complexity index is 438. The SMILES string of the molecule is CC(=O)OC[C@@H]1C[C@H]2C(=O)OC[C@@H]2C=C1OC(C)=O. The van der Waals surface area contributed by atoms with E-state index in [4.69, 9.17) is 14.2 Å². The van der Waals surface area contributed by atoms with Gasteiger partial charge >= 0.3 is 17.9 Å². The first-order valence-electron chi connectivity index (χ1n) is 6.17. The lowest BCUT2D eigenvalue weighted by atomic mass is 9.80. The van der Waals surface area contributed by atoms with E-state index in [0.717, 1.165) is 0 Å². The molecule has 104 valence electrons. The van der Waals surface area contributed by atoms with E-state index in [9.17, 15) is 14.4 Å². The second-order valence-corrected chi connectivity index (χ2v) is 4.80. The summed E-state index contributed by atoms with van der Waals surface area (Å²) in [6, 6.07) is 0. The smallest absolute Gasteiger partial charge is 0.309 e. The Morgan fingerprint density at radius 3 is 2.74 bits per heavy atom. The van der Waals surface area contributed by atoms with E-state index in [1.54, 1.807) is 6.08 Å². The summed E-state index contributed by atoms with van der Waals surface area (Å²) in [6.07, 6.45) is 2.21. The lowest BCUT2D eigenvalue weighted by Gasteiger charge is -2.27. The summed E-state index contributed by atoms with van der Waals surface area (Å²) in [7, 11) is 0. The molecule has 0 amide bonds. The Labute approximate surface area is 110 Å². The molecule has 6 nitrogen and oxygen atoms in total. The predicted molar refractivity (Wildman–Crippen MR) is 62.5 cm³/mol. The lowest BCUT2D eigenvalue weighted by molar-refractivity contribution is -0.144. The average molecular weight is 268 g/mol. The second kappa shape index (κ2) is 5.42. The third-order valence-electron chi connectivity index (χ3n) is 3.31. The maximum atomic E-state index is 11.6. The zero-order chi connectivity index (χ0) is 14.0. The standard InChI is InChI=1S/C13H16O6/c1-7(14)17-6-10-3-11-9(5-18-13(11)16)4-12(10)19-8(2)15/h4,9-11H,3,5-6H2,1-2H3/t9-,10-,11+/m0/s1. The van der Waals surface area contributed by atoms with Crippen LogP contribution in [0.2, 0.25) is 0 Å². The molecule has 2 aliphatic rings. The molecule has 1 heterocycles. The van der Waals surface area contributed by atoms with Crippen molar-refractivity contribution in [2.75, 3.05) is 13.2 Å². The van der Waals surface area contributed by atoms with Crippen molar-refractivity contribution in [3.05, 3.63) is 11.8 Å². The van der Waals surface area contributed by atoms with Gasteiger partial charge in [0.25, 0.3) is 0 Å². The molecule has 1 saturated heterocycles. The predicted octanol–water partition coefficient (Wildman–Crippen LogP) is 0.806. The maximum Gasteiger partial charge on any atom is 0.309 e. The number of rotatable bonds is 3. The van der Waals surface area contributed by atoms with Gasteiger partial charge in [-0.25, -0.2) is 0 Å². The van der Waals surface area contributed by atoms with Gasteiger partial charge in [-0.2, -0.15) is 0 Å². The van der Waals surface area contributed by atoms with E-state index in [1.807, 2.05) is 0 Å². The molecule has 0 unspecified atom stereocenters. The molecule has 0 spiro atoms. The zero-order valence-corrected chi connectivity index (χ0v) is 10.9. The zero-order valence-electron chi connectivity index (χ0n) is 10.9. The van der Waals surface area contributed by atoms with Crippen LogP contribution in [0.3, 0.4) is 0 Å². The molecule has 19 heavy (non-hydrogen) atoms. The van der Waals surface area contributed by atoms with E-state index in [0.29, 0.717) is 18.8 Å². The summed E-state index contributed by atoms with van der Waals surface area (Å²) in [5.41, 5.74) is 0. The van der Waals surface area contributed by atoms with Gasteiger partial charge in [0.2, 0.25) is 0 Å². The van der Waals surface area contributed by atoms with E-state index in [-0.39, 0.29) is 30.3 Å². The molecule has 0 aromatic rings. The van der Waals surface area contributed by atoms with Crippen molar-refractivity contribution < 1.29 is 28.6 Å². The highest BCUT2D eigenvalue weighted by Gasteiger charge is 2.42. The molecular formula is C13H16O6. The van der Waals surface area contributed by atoms with E-state index < -0.39 is 11.9 Å². The first-order valence-corrected chi connectivity index (χ1v) is 6.17. The van der Waals surface area contributed by atoms with Gasteiger partial charge in [0.05, 0.1) is 18.4 Å². The summed E-state index contributed by atoms with van der Waals surface area (Å²) in [5.74, 6) is -1.18. The normalized spacial score (nSPS) is 29.1. The number of fused-ring (bicyclic) bond motifs is 1. The number of cyclic esters (lactones) is 1. The molecule has 1 aliphatic heterocycles. The van der Waals surface area contributed by atoms with E-state index in [2.05, 4.69) is 0 Å². The van der Waals surface area contributed by atoms with Crippen molar-refractivity contribution in [1.29, 1.82) is 0 Å². The van der Waals surface area contributed by atoms with Gasteiger partial charge in [-0.1, -0.05) is 0 Å². The molecule has 1 fully saturated rings. The Morgan fingerprint density at radius 2 is 2.11 bits per heavy atom. The first-order chi connectivity index (χ1) is 8.97. The van der Waals surface area contributed by atoms with Gasteiger partial charge in [-0.15, -0.1) is 0 Å². The van der Waals surface area contributed by atoms with Crippen LogP contribution in [0, 0.1) is 17.8 Å². The Kier molecular flexibility index (Phi) is 3.87. The highest BCUT2D eigenvalue weighted by Crippen LogP contribution is 2.38. The van der Waals surface area contributed by atoms with Crippen LogP contribution in [-0.2, 0) is 28.6 Å². The maximum absolute atomic E-state index is 11.6. The molecule has 6 heteroatoms. The molecule has 0 aromatic carbocycles. The van der Waals surface area contributed by atoms with Gasteiger partial charge in [-0.05, 0) is 12.5 Å². The molecular weight excluding hydrogens is 252 g/mol. The minimum Gasteiger partial charge on any atom is -0.465 e. The number of carbonyl (C=O) groups excluding carboxylic acids is 3. The summed E-state index contributed by atoms with van der Waals surface area (Å²) in [5, 5.41) is 0. The van der Waals surface area contributed by atoms with Gasteiger partial charge in [-0.3, -0.25) is 14.4 Å². The van der Waals surface area contributed by atoms with Crippen LogP contribution >= 0.6 is 0 Å². The van der Waals surface area contributed by atoms with Gasteiger partial charge in [0.15, 0.2) is 0 Å². The van der Waals surface area contributed by atoms with Crippen molar-refractivity contribution in [1.82, 2.24) is 0 Å². The fourth-order valence-electron chi connectivity index (χ4n) is 2.43. The average Bonchev–Trinajstić information content (AvgIpc) is 2.67. The van der Waals surface area contributed by atoms with Gasteiger partial charge in [0.1, 0.15) is 12.4 Å². The summed E-state index contributed by atoms with van der Waals surface area (Å²) in [4.78, 5) is 33.5. The molecule has 0 aromatic heterocycles. The summed E-state index contributed by atoms with van der Waals surface area (Å²) in [6.45, 7) is 3.04. The highest BCUT2D eigenvalue weighted by atomic mass is 16.6. The summed E-state index contributed by atoms with van der Waals surface area (Å²) < 4.78 is 15.1. The number of hydrogen-bond donors (Lipinski definition) is 0. The van der Waals surface area contributed by atoms with Crippen LogP contribution in [0.1, 0.15) is 20.3 Å². The summed E-state index contributed by atoms with van der Waals surface area (Å²) >= 11 is 0. The van der Waals surface area contributed by atoms with Crippen LogP contribution in [0.25, 0.3) is 0 Å². The molecule has 0 saturated carbocycles. The molecule has 1 aliphatic carbocycles. The van der Waals surface area contributed by atoms with Crippen LogP contribution in [0.4, 0.5) is 0 Å². The minimum atomic E-state index is -0.428. The van der Waals surface area contributed by atoms with Crippen molar-refractivity contribution in [3.8, 4) is 0 Å². The second-order valence-electron chi connectivity index (χ2n) is 4.80. The first kappa shape index (κ1) is 13.6. The van der Waals surface area contributed by atoms with Crippen molar-refractivity contribution in [2.45, 2.75) is 20.3 Å². The molecule has 0 radical (unpaired) electrons. The lowest BCUT2D eigenvalue weighted by Crippen LogP contribution is -2.29. The van der Waals surface area contributed by atoms with Crippen LogP contribution < -0.4 is 0 Å². The van der Waals surface area contributed by atoms with Crippen LogP contribution in [-0.4, -0.2) is 31.1 Å². The molecule has 0 bridgehead atoms. The fraction of sp³-hybridized carbons (Fsp3) is 0.615. The Hall–Kier alpha value is -1.85. The number of hydrogen-bond acceptors (Lipinski definition) is 6. The topological polar surface area (TPSA) is 78.9 Å². The number of carbonyl (C=O) groups is 3. The highest BCUT2D eigenvalue weighted by molar-refractivity contribution is 5.76. The Balaban J connectivity index is 2.13. The molecule has 2 rings (SSSR count). The van der Waals surface area contributed by atoms with Crippen LogP contribution in [0.15, 0.2) is 11.8 Å². The van der Waals surface area contributed by atoms with Gasteiger partial charge in [0, 0.05) is 19.8 Å². The van der Waals surface area contributed by atoms with Crippen LogP contribution in [0.5, 0.6) is 0 Å². The fourth-order valence-corrected chi connectivity index (χ4v) is 2.43. The van der Waals surface area contributed by atoms with Crippen molar-refractivity contribution in [3.63, 3.8) is 0 Å². The Morgan fingerprint density at radius 1 is 1.37 bits per heavy atom. The third kappa shape index (κ3) is 3.13. The van der Waals surface area contributed by atoms with E-state index >= 15 is 0 Å². The van der Waals surface area contributed by atoms with E-state index in [1.165, 1.54) is 13.8 Å². The minimum absolute atomic E-state index is 0.0598. The molecule has 0 N–H and O–H groups in total. The third-order valence-corrected chi connectivity index (χ3v) is 3.31.